The van der Waals surface area contributed by atoms with Gasteiger partial charge in [-0.25, -0.2) is 29.0 Å². The molecule has 2 atom stereocenters. The van der Waals surface area contributed by atoms with Crippen molar-refractivity contribution in [2.24, 2.45) is 5.41 Å². The number of aliphatic carboxylic acids is 3. The molecular formula is C27H35N3O11. The Kier molecular flexibility index (Phi) is 11.8. The van der Waals surface area contributed by atoms with E-state index >= 15 is 0 Å². The first-order valence-electron chi connectivity index (χ1n) is 13.2. The van der Waals surface area contributed by atoms with Gasteiger partial charge in [0.05, 0.1) is 0 Å². The van der Waals surface area contributed by atoms with Gasteiger partial charge in [-0.15, -0.1) is 0 Å². The molecule has 0 bridgehead atoms. The van der Waals surface area contributed by atoms with Gasteiger partial charge in [0, 0.05) is 13.0 Å². The summed E-state index contributed by atoms with van der Waals surface area (Å²) in [6.07, 6.45) is -2.14. The third kappa shape index (κ3) is 7.80. The lowest BCUT2D eigenvalue weighted by Crippen LogP contribution is -2.70. The molecule has 14 heteroatoms. The summed E-state index contributed by atoms with van der Waals surface area (Å²) in [5.74, 6) is -6.73. The van der Waals surface area contributed by atoms with Gasteiger partial charge >= 0.3 is 30.0 Å². The number of unbranched alkanes of at least 4 members (excludes halogenated alkanes) is 1. The molecule has 1 heterocycles. The standard InChI is InChI=1S/C27H35N3O11/c1-3-27(4-2)23(37)29(26(40)30(24(27)38)19(22(35)36)13-14-20(31)32)18(21(33)34)12-8-9-15-28-25(39)41-16-17-10-6-5-7-11-17/h5-7,10-11,18-19H,3-4,8-9,12-16H2,1-2H3,(H,28,39)(H,31,32)(H,33,34)(H,35,36)/t18-,19?/m0/s1. The van der Waals surface area contributed by atoms with E-state index in [0.29, 0.717) is 9.80 Å². The lowest BCUT2D eigenvalue weighted by molar-refractivity contribution is -0.170. The minimum atomic E-state index is -1.92. The Bertz CT molecular complexity index is 1150. The molecule has 0 spiro atoms. The minimum Gasteiger partial charge on any atom is -0.481 e. The molecule has 41 heavy (non-hydrogen) atoms. The monoisotopic (exact) mass is 577 g/mol. The molecule has 0 saturated carbocycles. The number of carboxylic acid groups (broad SMARTS) is 3. The molecule has 224 valence electrons. The molecule has 0 aliphatic carbocycles. The predicted molar refractivity (Wildman–Crippen MR) is 140 cm³/mol. The maximum absolute atomic E-state index is 13.5. The number of nitrogens with one attached hydrogen (secondary N) is 1. The summed E-state index contributed by atoms with van der Waals surface area (Å²) >= 11 is 0. The summed E-state index contributed by atoms with van der Waals surface area (Å²) in [7, 11) is 0. The number of carbonyl (C=O) groups is 7. The van der Waals surface area contributed by atoms with Crippen LogP contribution in [0.1, 0.15) is 64.4 Å². The van der Waals surface area contributed by atoms with Gasteiger partial charge in [-0.3, -0.25) is 14.4 Å². The number of barbiturate groups is 1. The maximum Gasteiger partial charge on any atom is 0.407 e. The fraction of sp³-hybridized carbons (Fsp3) is 0.519. The quantitative estimate of drug-likeness (QED) is 0.166. The number of rotatable bonds is 16. The molecule has 0 aromatic heterocycles. The number of alkyl carbamates (subject to hydrolysis) is 1. The molecule has 1 saturated heterocycles. The number of nitrogens with zero attached hydrogens (tertiary/aromatic N) is 2. The first kappa shape index (κ1) is 32.7. The highest BCUT2D eigenvalue weighted by atomic mass is 16.5. The van der Waals surface area contributed by atoms with Crippen LogP contribution in [0.5, 0.6) is 0 Å². The van der Waals surface area contributed by atoms with Crippen molar-refractivity contribution in [3.63, 3.8) is 0 Å². The van der Waals surface area contributed by atoms with Crippen LogP contribution in [0.4, 0.5) is 9.59 Å². The fourth-order valence-electron chi connectivity index (χ4n) is 4.66. The second-order valence-electron chi connectivity index (χ2n) is 9.55. The molecular weight excluding hydrogens is 542 g/mol. The Morgan fingerprint density at radius 3 is 1.88 bits per heavy atom. The first-order chi connectivity index (χ1) is 19.4. The van der Waals surface area contributed by atoms with Crippen molar-refractivity contribution in [1.82, 2.24) is 15.1 Å². The highest BCUT2D eigenvalue weighted by Crippen LogP contribution is 2.39. The van der Waals surface area contributed by atoms with Crippen LogP contribution in [0.2, 0.25) is 0 Å². The Morgan fingerprint density at radius 1 is 0.854 bits per heavy atom. The van der Waals surface area contributed by atoms with Crippen LogP contribution >= 0.6 is 0 Å². The van der Waals surface area contributed by atoms with Crippen molar-refractivity contribution >= 4 is 41.8 Å². The second-order valence-corrected chi connectivity index (χ2v) is 9.55. The van der Waals surface area contributed by atoms with E-state index in [1.165, 1.54) is 13.8 Å². The number of ether oxygens (including phenoxy) is 1. The number of carbonyl (C=O) groups excluding carboxylic acids is 4. The van der Waals surface area contributed by atoms with Gasteiger partial charge in [0.15, 0.2) is 0 Å². The Labute approximate surface area is 236 Å². The van der Waals surface area contributed by atoms with E-state index in [2.05, 4.69) is 5.32 Å². The third-order valence-electron chi connectivity index (χ3n) is 7.09. The Morgan fingerprint density at radius 2 is 1.39 bits per heavy atom. The Hall–Kier alpha value is -4.49. The Balaban J connectivity index is 2.16. The average molecular weight is 578 g/mol. The van der Waals surface area contributed by atoms with Crippen LogP contribution in [0.3, 0.4) is 0 Å². The van der Waals surface area contributed by atoms with Gasteiger partial charge in [-0.05, 0) is 44.1 Å². The summed E-state index contributed by atoms with van der Waals surface area (Å²) in [5, 5.41) is 31.2. The molecule has 1 aromatic rings. The SMILES string of the molecule is CCC1(CC)C(=O)N(C(CCC(=O)O)C(=O)O)C(=O)N([C@@H](CCCCNC(=O)OCc2ccccc2)C(=O)O)C1=O. The van der Waals surface area contributed by atoms with Crippen molar-refractivity contribution in [2.75, 3.05) is 6.54 Å². The summed E-state index contributed by atoms with van der Waals surface area (Å²) in [5.41, 5.74) is -1.11. The second kappa shape index (κ2) is 14.8. The highest BCUT2D eigenvalue weighted by Gasteiger charge is 2.59. The molecule has 0 radical (unpaired) electrons. The van der Waals surface area contributed by atoms with E-state index in [0.717, 1.165) is 5.56 Å². The van der Waals surface area contributed by atoms with E-state index in [-0.39, 0.29) is 45.3 Å². The predicted octanol–water partition coefficient (Wildman–Crippen LogP) is 2.45. The molecule has 1 aliphatic rings. The number of hydrogen-bond donors (Lipinski definition) is 4. The van der Waals surface area contributed by atoms with Crippen molar-refractivity contribution in [3.8, 4) is 0 Å². The van der Waals surface area contributed by atoms with E-state index < -0.39 is 72.2 Å². The van der Waals surface area contributed by atoms with Crippen molar-refractivity contribution in [3.05, 3.63) is 35.9 Å². The van der Waals surface area contributed by atoms with E-state index in [9.17, 15) is 43.8 Å². The largest absolute Gasteiger partial charge is 0.481 e. The summed E-state index contributed by atoms with van der Waals surface area (Å²) < 4.78 is 5.10. The fourth-order valence-corrected chi connectivity index (χ4v) is 4.66. The van der Waals surface area contributed by atoms with Crippen molar-refractivity contribution in [1.29, 1.82) is 0 Å². The molecule has 2 rings (SSSR count). The zero-order valence-electron chi connectivity index (χ0n) is 22.9. The van der Waals surface area contributed by atoms with Gasteiger partial charge in [0.1, 0.15) is 24.1 Å². The van der Waals surface area contributed by atoms with Crippen molar-refractivity contribution in [2.45, 2.75) is 77.5 Å². The van der Waals surface area contributed by atoms with E-state index in [4.69, 9.17) is 9.84 Å². The number of carboxylic acids is 3. The highest BCUT2D eigenvalue weighted by molar-refractivity contribution is 6.21. The average Bonchev–Trinajstić information content (AvgIpc) is 2.93. The molecule has 1 fully saturated rings. The number of urea groups is 1. The smallest absolute Gasteiger partial charge is 0.407 e. The van der Waals surface area contributed by atoms with E-state index in [1.54, 1.807) is 24.3 Å². The van der Waals surface area contributed by atoms with Crippen LogP contribution in [-0.2, 0) is 35.3 Å². The van der Waals surface area contributed by atoms with Gasteiger partial charge in [0.25, 0.3) is 0 Å². The third-order valence-corrected chi connectivity index (χ3v) is 7.09. The number of benzene rings is 1. The maximum atomic E-state index is 13.5. The van der Waals surface area contributed by atoms with E-state index in [1.807, 2.05) is 6.07 Å². The summed E-state index contributed by atoms with van der Waals surface area (Å²) in [6, 6.07) is 3.91. The topological polar surface area (TPSA) is 208 Å². The van der Waals surface area contributed by atoms with Gasteiger partial charge in [-0.2, -0.15) is 0 Å². The van der Waals surface area contributed by atoms with Crippen LogP contribution < -0.4 is 5.32 Å². The first-order valence-corrected chi connectivity index (χ1v) is 13.2. The van der Waals surface area contributed by atoms with Crippen LogP contribution in [0, 0.1) is 5.41 Å². The van der Waals surface area contributed by atoms with Gasteiger partial charge < -0.3 is 25.4 Å². The molecule has 14 nitrogen and oxygen atoms in total. The van der Waals surface area contributed by atoms with Crippen LogP contribution in [0.25, 0.3) is 0 Å². The molecule has 5 amide bonds. The minimum absolute atomic E-state index is 0.0581. The lowest BCUT2D eigenvalue weighted by Gasteiger charge is -2.46. The number of hydrogen-bond acceptors (Lipinski definition) is 8. The van der Waals surface area contributed by atoms with Crippen LogP contribution in [0.15, 0.2) is 30.3 Å². The normalized spacial score (nSPS) is 16.2. The number of amides is 5. The zero-order chi connectivity index (χ0) is 30.7. The van der Waals surface area contributed by atoms with Gasteiger partial charge in [-0.1, -0.05) is 44.2 Å². The summed E-state index contributed by atoms with van der Waals surface area (Å²) in [4.78, 5) is 88.4. The molecule has 1 unspecified atom stereocenters. The summed E-state index contributed by atoms with van der Waals surface area (Å²) in [6.45, 7) is 3.13. The molecule has 4 N–H and O–H groups in total. The van der Waals surface area contributed by atoms with Gasteiger partial charge in [0.2, 0.25) is 11.8 Å². The van der Waals surface area contributed by atoms with Crippen LogP contribution in [-0.4, -0.2) is 85.6 Å². The lowest BCUT2D eigenvalue weighted by atomic mass is 9.77. The number of imide groups is 2. The molecule has 1 aromatic carbocycles. The van der Waals surface area contributed by atoms with Crippen molar-refractivity contribution < 1.29 is 53.6 Å². The zero-order valence-corrected chi connectivity index (χ0v) is 22.9. The molecule has 1 aliphatic heterocycles.